The van der Waals surface area contributed by atoms with Gasteiger partial charge in [0.25, 0.3) is 0 Å². The molecule has 3 N–H and O–H groups in total. The summed E-state index contributed by atoms with van der Waals surface area (Å²) < 4.78 is 5.08. The van der Waals surface area contributed by atoms with Gasteiger partial charge in [-0.3, -0.25) is 4.79 Å². The molecule has 2 atom stereocenters. The van der Waals surface area contributed by atoms with E-state index < -0.39 is 23.9 Å². The van der Waals surface area contributed by atoms with Crippen LogP contribution in [0, 0.1) is 0 Å². The van der Waals surface area contributed by atoms with Crippen LogP contribution in [0.15, 0.2) is 54.6 Å². The zero-order chi connectivity index (χ0) is 20.0. The van der Waals surface area contributed by atoms with Crippen molar-refractivity contribution in [2.75, 3.05) is 6.54 Å². The monoisotopic (exact) mass is 371 g/mol. The standard InChI is InChI=1S/C21H25NO5/c1-21(2,3)27-20(26)22-13-17(23)19(25)16-11-9-15(10-12-16)18(24)14-7-5-4-6-8-14/h4-12,17,19,23,25H,13H2,1-3H3,(H,22,26). The van der Waals surface area contributed by atoms with Crippen LogP contribution in [0.4, 0.5) is 4.79 Å². The van der Waals surface area contributed by atoms with Gasteiger partial charge in [-0.2, -0.15) is 0 Å². The summed E-state index contributed by atoms with van der Waals surface area (Å²) in [5, 5.41) is 22.8. The summed E-state index contributed by atoms with van der Waals surface area (Å²) in [4.78, 5) is 24.0. The maximum absolute atomic E-state index is 12.4. The van der Waals surface area contributed by atoms with Crippen molar-refractivity contribution in [3.63, 3.8) is 0 Å². The lowest BCUT2D eigenvalue weighted by Gasteiger charge is -2.22. The van der Waals surface area contributed by atoms with E-state index in [-0.39, 0.29) is 12.3 Å². The Morgan fingerprint density at radius 1 is 0.963 bits per heavy atom. The Kier molecular flexibility index (Phi) is 6.71. The van der Waals surface area contributed by atoms with Crippen molar-refractivity contribution in [2.24, 2.45) is 0 Å². The third-order valence-corrected chi connectivity index (χ3v) is 3.77. The van der Waals surface area contributed by atoms with E-state index in [4.69, 9.17) is 4.74 Å². The fourth-order valence-electron chi connectivity index (χ4n) is 2.42. The fourth-order valence-corrected chi connectivity index (χ4v) is 2.42. The molecule has 6 nitrogen and oxygen atoms in total. The molecule has 144 valence electrons. The summed E-state index contributed by atoms with van der Waals surface area (Å²) in [7, 11) is 0. The topological polar surface area (TPSA) is 95.9 Å². The van der Waals surface area contributed by atoms with Crippen LogP contribution in [0.1, 0.15) is 48.4 Å². The van der Waals surface area contributed by atoms with Gasteiger partial charge in [0.2, 0.25) is 0 Å². The van der Waals surface area contributed by atoms with Crippen molar-refractivity contribution in [1.29, 1.82) is 0 Å². The van der Waals surface area contributed by atoms with Crippen LogP contribution in [0.3, 0.4) is 0 Å². The molecule has 0 aromatic heterocycles. The summed E-state index contributed by atoms with van der Waals surface area (Å²) >= 11 is 0. The zero-order valence-electron chi connectivity index (χ0n) is 15.7. The Labute approximate surface area is 158 Å². The molecule has 0 aliphatic heterocycles. The molecule has 6 heteroatoms. The molecular weight excluding hydrogens is 346 g/mol. The molecule has 0 spiro atoms. The van der Waals surface area contributed by atoms with Crippen molar-refractivity contribution in [2.45, 2.75) is 38.6 Å². The van der Waals surface area contributed by atoms with Crippen molar-refractivity contribution in [1.82, 2.24) is 5.32 Å². The smallest absolute Gasteiger partial charge is 0.407 e. The van der Waals surface area contributed by atoms with Gasteiger partial charge < -0.3 is 20.3 Å². The SMILES string of the molecule is CC(C)(C)OC(=O)NCC(O)C(O)c1ccc(C(=O)c2ccccc2)cc1. The lowest BCUT2D eigenvalue weighted by molar-refractivity contribution is 0.0129. The van der Waals surface area contributed by atoms with Crippen LogP contribution in [-0.2, 0) is 4.74 Å². The number of rotatable bonds is 6. The maximum Gasteiger partial charge on any atom is 0.407 e. The van der Waals surface area contributed by atoms with Crippen molar-refractivity contribution < 1.29 is 24.5 Å². The Bertz CT molecular complexity index is 765. The van der Waals surface area contributed by atoms with Crippen LogP contribution < -0.4 is 5.32 Å². The van der Waals surface area contributed by atoms with Gasteiger partial charge in [-0.1, -0.05) is 54.6 Å². The molecule has 0 aliphatic rings. The van der Waals surface area contributed by atoms with Gasteiger partial charge in [-0.05, 0) is 26.3 Å². The zero-order valence-corrected chi connectivity index (χ0v) is 15.7. The minimum absolute atomic E-state index is 0.121. The maximum atomic E-state index is 12.4. The highest BCUT2D eigenvalue weighted by Crippen LogP contribution is 2.19. The highest BCUT2D eigenvalue weighted by molar-refractivity contribution is 6.08. The highest BCUT2D eigenvalue weighted by atomic mass is 16.6. The average Bonchev–Trinajstić information content (AvgIpc) is 2.64. The van der Waals surface area contributed by atoms with Crippen LogP contribution in [0.5, 0.6) is 0 Å². The van der Waals surface area contributed by atoms with Gasteiger partial charge in [-0.15, -0.1) is 0 Å². The molecule has 27 heavy (non-hydrogen) atoms. The number of ether oxygens (including phenoxy) is 1. The van der Waals surface area contributed by atoms with E-state index in [1.807, 2.05) is 6.07 Å². The molecule has 1 amide bonds. The normalized spacial score (nSPS) is 13.5. The van der Waals surface area contributed by atoms with Crippen LogP contribution >= 0.6 is 0 Å². The predicted molar refractivity (Wildman–Crippen MR) is 102 cm³/mol. The van der Waals surface area contributed by atoms with Gasteiger partial charge in [0.05, 0.1) is 0 Å². The number of ketones is 1. The Morgan fingerprint density at radius 3 is 2.07 bits per heavy atom. The van der Waals surface area contributed by atoms with E-state index in [0.29, 0.717) is 16.7 Å². The fraction of sp³-hybridized carbons (Fsp3) is 0.333. The lowest BCUT2D eigenvalue weighted by Crippen LogP contribution is -2.38. The largest absolute Gasteiger partial charge is 0.444 e. The molecule has 0 radical (unpaired) electrons. The molecule has 2 rings (SSSR count). The molecule has 0 saturated heterocycles. The quantitative estimate of drug-likeness (QED) is 0.679. The van der Waals surface area contributed by atoms with Gasteiger partial charge in [0, 0.05) is 17.7 Å². The molecule has 2 aromatic rings. The Hall–Kier alpha value is -2.70. The number of alkyl carbamates (subject to hydrolysis) is 1. The molecule has 0 fully saturated rings. The summed E-state index contributed by atoms with van der Waals surface area (Å²) in [6.45, 7) is 5.03. The number of hydrogen-bond acceptors (Lipinski definition) is 5. The van der Waals surface area contributed by atoms with Crippen LogP contribution in [-0.4, -0.2) is 40.3 Å². The van der Waals surface area contributed by atoms with Gasteiger partial charge in [-0.25, -0.2) is 4.79 Å². The minimum Gasteiger partial charge on any atom is -0.444 e. The van der Waals surface area contributed by atoms with Crippen molar-refractivity contribution >= 4 is 11.9 Å². The summed E-state index contributed by atoms with van der Waals surface area (Å²) in [5.41, 5.74) is 0.860. The van der Waals surface area contributed by atoms with E-state index in [0.717, 1.165) is 0 Å². The summed E-state index contributed by atoms with van der Waals surface area (Å²) in [6.07, 6.45) is -3.09. The first-order valence-electron chi connectivity index (χ1n) is 8.70. The molecule has 0 aliphatic carbocycles. The van der Waals surface area contributed by atoms with Crippen molar-refractivity contribution in [3.8, 4) is 0 Å². The first kappa shape index (κ1) is 20.6. The second-order valence-electron chi connectivity index (χ2n) is 7.21. The molecule has 0 heterocycles. The molecule has 0 bridgehead atoms. The first-order valence-corrected chi connectivity index (χ1v) is 8.70. The van der Waals surface area contributed by atoms with Gasteiger partial charge in [0.1, 0.15) is 17.8 Å². The minimum atomic E-state index is -1.21. The number of aliphatic hydroxyl groups is 2. The second-order valence-corrected chi connectivity index (χ2v) is 7.21. The van der Waals surface area contributed by atoms with E-state index in [2.05, 4.69) is 5.32 Å². The third kappa shape index (κ3) is 6.20. The number of amides is 1. The lowest BCUT2D eigenvalue weighted by atomic mass is 9.99. The number of carbonyl (C=O) groups is 2. The molecule has 0 saturated carbocycles. The van der Waals surface area contributed by atoms with E-state index in [1.54, 1.807) is 69.3 Å². The second kappa shape index (κ2) is 8.79. The Morgan fingerprint density at radius 2 is 1.52 bits per heavy atom. The first-order chi connectivity index (χ1) is 12.7. The molecular formula is C21H25NO5. The van der Waals surface area contributed by atoms with Crippen LogP contribution in [0.25, 0.3) is 0 Å². The van der Waals surface area contributed by atoms with Gasteiger partial charge >= 0.3 is 6.09 Å². The Balaban J connectivity index is 1.95. The van der Waals surface area contributed by atoms with Gasteiger partial charge in [0.15, 0.2) is 5.78 Å². The van der Waals surface area contributed by atoms with E-state index >= 15 is 0 Å². The van der Waals surface area contributed by atoms with E-state index in [1.165, 1.54) is 0 Å². The average molecular weight is 371 g/mol. The third-order valence-electron chi connectivity index (χ3n) is 3.77. The molecule has 2 unspecified atom stereocenters. The summed E-state index contributed by atoms with van der Waals surface area (Å²) in [6, 6.07) is 15.2. The van der Waals surface area contributed by atoms with Crippen molar-refractivity contribution in [3.05, 3.63) is 71.3 Å². The number of carbonyl (C=O) groups excluding carboxylic acids is 2. The summed E-state index contributed by atoms with van der Waals surface area (Å²) in [5.74, 6) is -0.121. The van der Waals surface area contributed by atoms with E-state index in [9.17, 15) is 19.8 Å². The highest BCUT2D eigenvalue weighted by Gasteiger charge is 2.22. The number of hydrogen-bond donors (Lipinski definition) is 3. The number of benzene rings is 2. The number of aliphatic hydroxyl groups excluding tert-OH is 2. The molecule has 2 aromatic carbocycles. The number of nitrogens with one attached hydrogen (secondary N) is 1. The predicted octanol–water partition coefficient (Wildman–Crippen LogP) is 2.84. The van der Waals surface area contributed by atoms with Crippen LogP contribution in [0.2, 0.25) is 0 Å².